The normalized spacial score (nSPS) is 11.9. The number of nitrogens with two attached hydrogens (primary N) is 1. The van der Waals surface area contributed by atoms with Gasteiger partial charge in [0.25, 0.3) is 11.8 Å². The lowest BCUT2D eigenvalue weighted by Crippen LogP contribution is -2.29. The van der Waals surface area contributed by atoms with Gasteiger partial charge in [-0.1, -0.05) is 29.8 Å². The molecule has 0 radical (unpaired) electrons. The molecule has 0 fully saturated rings. The van der Waals surface area contributed by atoms with Crippen LogP contribution in [0.3, 0.4) is 0 Å². The fraction of sp³-hybridized carbons (Fsp3) is 0.167. The van der Waals surface area contributed by atoms with Crippen LogP contribution in [0.4, 0.5) is 5.00 Å². The molecule has 3 N–H and O–H groups in total. The maximum absolute atomic E-state index is 12.1. The van der Waals surface area contributed by atoms with Gasteiger partial charge in [-0.15, -0.1) is 11.3 Å². The minimum Gasteiger partial charge on any atom is -0.449 e. The maximum Gasteiger partial charge on any atom is 0.331 e. The number of carbonyl (C=O) groups excluding carboxylic acids is 3. The molecule has 0 aliphatic heterocycles. The second kappa shape index (κ2) is 8.25. The highest BCUT2D eigenvalue weighted by Crippen LogP contribution is 2.23. The van der Waals surface area contributed by atoms with E-state index in [-0.39, 0.29) is 5.56 Å². The lowest BCUT2D eigenvalue weighted by molar-refractivity contribution is -0.148. The van der Waals surface area contributed by atoms with Crippen LogP contribution in [-0.2, 0) is 14.3 Å². The maximum atomic E-state index is 12.1. The number of primary amides is 1. The number of carbonyl (C=O) groups is 3. The summed E-state index contributed by atoms with van der Waals surface area (Å²) in [6.45, 7) is 3.42. The van der Waals surface area contributed by atoms with Crippen LogP contribution in [0.1, 0.15) is 28.4 Å². The van der Waals surface area contributed by atoms with Crippen LogP contribution in [0.2, 0.25) is 0 Å². The SMILES string of the molecule is Cc1ccc(/C=C/C(=O)OC(C)C(=O)Nc2sccc2C(N)=O)cc1. The molecule has 7 heteroatoms. The summed E-state index contributed by atoms with van der Waals surface area (Å²) >= 11 is 1.16. The zero-order chi connectivity index (χ0) is 18.4. The van der Waals surface area contributed by atoms with Crippen LogP contribution >= 0.6 is 11.3 Å². The topological polar surface area (TPSA) is 98.5 Å². The summed E-state index contributed by atoms with van der Waals surface area (Å²) in [5.74, 6) is -1.81. The predicted octanol–water partition coefficient (Wildman–Crippen LogP) is 2.74. The summed E-state index contributed by atoms with van der Waals surface area (Å²) in [4.78, 5) is 35.1. The van der Waals surface area contributed by atoms with Gasteiger partial charge in [-0.3, -0.25) is 9.59 Å². The van der Waals surface area contributed by atoms with Crippen LogP contribution in [-0.4, -0.2) is 23.9 Å². The van der Waals surface area contributed by atoms with Crippen molar-refractivity contribution in [1.82, 2.24) is 0 Å². The van der Waals surface area contributed by atoms with Crippen LogP contribution in [0, 0.1) is 6.92 Å². The Bertz CT molecular complexity index is 809. The first-order chi connectivity index (χ1) is 11.9. The Balaban J connectivity index is 1.91. The molecule has 25 heavy (non-hydrogen) atoms. The monoisotopic (exact) mass is 358 g/mol. The minimum absolute atomic E-state index is 0.219. The summed E-state index contributed by atoms with van der Waals surface area (Å²) in [5.41, 5.74) is 7.41. The second-order valence-corrected chi connectivity index (χ2v) is 6.26. The number of esters is 1. The zero-order valence-corrected chi connectivity index (χ0v) is 14.6. The molecule has 0 saturated heterocycles. The third kappa shape index (κ3) is 5.29. The Morgan fingerprint density at radius 2 is 1.88 bits per heavy atom. The van der Waals surface area contributed by atoms with E-state index < -0.39 is 23.9 Å². The van der Waals surface area contributed by atoms with Crippen molar-refractivity contribution in [1.29, 1.82) is 0 Å². The molecule has 2 rings (SSSR count). The first-order valence-electron chi connectivity index (χ1n) is 7.50. The van der Waals surface area contributed by atoms with Crippen molar-refractivity contribution in [3.05, 3.63) is 58.5 Å². The van der Waals surface area contributed by atoms with Crippen molar-refractivity contribution >= 4 is 40.2 Å². The Morgan fingerprint density at radius 1 is 1.20 bits per heavy atom. The van der Waals surface area contributed by atoms with E-state index in [1.165, 1.54) is 19.1 Å². The fourth-order valence-corrected chi connectivity index (χ4v) is 2.72. The van der Waals surface area contributed by atoms with Crippen LogP contribution in [0.25, 0.3) is 6.08 Å². The predicted molar refractivity (Wildman–Crippen MR) is 97.2 cm³/mol. The first kappa shape index (κ1) is 18.4. The summed E-state index contributed by atoms with van der Waals surface area (Å²) in [5, 5.41) is 4.50. The highest BCUT2D eigenvalue weighted by Gasteiger charge is 2.19. The van der Waals surface area contributed by atoms with Crippen molar-refractivity contribution in [2.24, 2.45) is 5.73 Å². The van der Waals surface area contributed by atoms with Crippen molar-refractivity contribution < 1.29 is 19.1 Å². The van der Waals surface area contributed by atoms with Gasteiger partial charge in [-0.05, 0) is 36.9 Å². The van der Waals surface area contributed by atoms with Gasteiger partial charge in [0.15, 0.2) is 6.10 Å². The molecule has 2 amide bonds. The number of aryl methyl sites for hydroxylation is 1. The summed E-state index contributed by atoms with van der Waals surface area (Å²) in [7, 11) is 0. The lowest BCUT2D eigenvalue weighted by atomic mass is 10.1. The molecule has 130 valence electrons. The Hall–Kier alpha value is -2.93. The number of amides is 2. The molecule has 0 spiro atoms. The van der Waals surface area contributed by atoms with Crippen LogP contribution < -0.4 is 11.1 Å². The molecule has 6 nitrogen and oxygen atoms in total. The number of rotatable bonds is 6. The molecule has 1 aromatic heterocycles. The third-order valence-electron chi connectivity index (χ3n) is 3.32. The van der Waals surface area contributed by atoms with E-state index in [0.29, 0.717) is 5.00 Å². The summed E-state index contributed by atoms with van der Waals surface area (Å²) in [6, 6.07) is 9.12. The van der Waals surface area contributed by atoms with Gasteiger partial charge in [0.1, 0.15) is 5.00 Å². The molecule has 0 saturated carbocycles. The van der Waals surface area contributed by atoms with Gasteiger partial charge in [0.2, 0.25) is 0 Å². The molecule has 1 heterocycles. The van der Waals surface area contributed by atoms with E-state index >= 15 is 0 Å². The van der Waals surface area contributed by atoms with Crippen molar-refractivity contribution in [3.8, 4) is 0 Å². The van der Waals surface area contributed by atoms with Gasteiger partial charge in [0, 0.05) is 6.08 Å². The number of benzene rings is 1. The summed E-state index contributed by atoms with van der Waals surface area (Å²) in [6.07, 6.45) is 1.85. The largest absolute Gasteiger partial charge is 0.449 e. The number of ether oxygens (including phenoxy) is 1. The van der Waals surface area contributed by atoms with Crippen molar-refractivity contribution in [2.45, 2.75) is 20.0 Å². The lowest BCUT2D eigenvalue weighted by Gasteiger charge is -2.12. The molecule has 1 unspecified atom stereocenters. The highest BCUT2D eigenvalue weighted by molar-refractivity contribution is 7.14. The number of hydrogen-bond donors (Lipinski definition) is 2. The Kier molecular flexibility index (Phi) is 6.08. The van der Waals surface area contributed by atoms with Gasteiger partial charge in [-0.2, -0.15) is 0 Å². The molecule has 1 atom stereocenters. The highest BCUT2D eigenvalue weighted by atomic mass is 32.1. The smallest absolute Gasteiger partial charge is 0.331 e. The minimum atomic E-state index is -1.02. The standard InChI is InChI=1S/C18H18N2O4S/c1-11-3-5-13(6-4-11)7-8-15(21)24-12(2)17(23)20-18-14(16(19)22)9-10-25-18/h3-10,12H,1-2H3,(H2,19,22)(H,20,23)/b8-7+. The van der Waals surface area contributed by atoms with Gasteiger partial charge < -0.3 is 15.8 Å². The molecular formula is C18H18N2O4S. The van der Waals surface area contributed by atoms with E-state index in [2.05, 4.69) is 5.32 Å². The Morgan fingerprint density at radius 3 is 2.52 bits per heavy atom. The number of hydrogen-bond acceptors (Lipinski definition) is 5. The average Bonchev–Trinajstić information content (AvgIpc) is 3.02. The van der Waals surface area contributed by atoms with E-state index in [1.54, 1.807) is 11.5 Å². The molecule has 2 aromatic rings. The van der Waals surface area contributed by atoms with Crippen molar-refractivity contribution in [3.63, 3.8) is 0 Å². The quantitative estimate of drug-likeness (QED) is 0.613. The van der Waals surface area contributed by atoms with Gasteiger partial charge >= 0.3 is 5.97 Å². The zero-order valence-electron chi connectivity index (χ0n) is 13.8. The van der Waals surface area contributed by atoms with Gasteiger partial charge in [-0.25, -0.2) is 4.79 Å². The number of anilines is 1. The molecule has 1 aromatic carbocycles. The first-order valence-corrected chi connectivity index (χ1v) is 8.38. The Labute approximate surface area is 149 Å². The van der Waals surface area contributed by atoms with E-state index in [1.807, 2.05) is 31.2 Å². The average molecular weight is 358 g/mol. The second-order valence-electron chi connectivity index (χ2n) is 5.34. The number of thiophene rings is 1. The molecular weight excluding hydrogens is 340 g/mol. The molecule has 0 bridgehead atoms. The van der Waals surface area contributed by atoms with Crippen LogP contribution in [0.15, 0.2) is 41.8 Å². The molecule has 0 aliphatic rings. The van der Waals surface area contributed by atoms with E-state index in [0.717, 1.165) is 22.5 Å². The number of nitrogens with one attached hydrogen (secondary N) is 1. The molecule has 0 aliphatic carbocycles. The van der Waals surface area contributed by atoms with E-state index in [9.17, 15) is 14.4 Å². The van der Waals surface area contributed by atoms with Gasteiger partial charge in [0.05, 0.1) is 5.56 Å². The van der Waals surface area contributed by atoms with Crippen LogP contribution in [0.5, 0.6) is 0 Å². The van der Waals surface area contributed by atoms with Crippen molar-refractivity contribution in [2.75, 3.05) is 5.32 Å². The van der Waals surface area contributed by atoms with E-state index in [4.69, 9.17) is 10.5 Å². The fourth-order valence-electron chi connectivity index (χ4n) is 1.92. The third-order valence-corrected chi connectivity index (χ3v) is 4.15. The summed E-state index contributed by atoms with van der Waals surface area (Å²) < 4.78 is 5.06.